The van der Waals surface area contributed by atoms with Crippen molar-refractivity contribution in [2.45, 2.75) is 38.5 Å². The Morgan fingerprint density at radius 1 is 1.26 bits per heavy atom. The number of hydrogen-bond donors (Lipinski definition) is 1. The number of nitrogens with one attached hydrogen (secondary N) is 1. The van der Waals surface area contributed by atoms with Gasteiger partial charge in [-0.3, -0.25) is 14.5 Å². The maximum atomic E-state index is 12.8. The summed E-state index contributed by atoms with van der Waals surface area (Å²) in [6.45, 7) is 6.03. The van der Waals surface area contributed by atoms with Crippen LogP contribution in [0, 0.1) is 0 Å². The number of amides is 2. The molecule has 3 heterocycles. The zero-order chi connectivity index (χ0) is 18.3. The average Bonchev–Trinajstić information content (AvgIpc) is 3.35. The molecule has 1 saturated heterocycles. The van der Waals surface area contributed by atoms with Gasteiger partial charge >= 0.3 is 0 Å². The minimum absolute atomic E-state index is 0. The Bertz CT molecular complexity index is 826. The summed E-state index contributed by atoms with van der Waals surface area (Å²) in [6.07, 6.45) is 1.24. The molecular weight excluding hydrogens is 386 g/mol. The van der Waals surface area contributed by atoms with E-state index in [1.54, 1.807) is 24.3 Å². The first kappa shape index (κ1) is 19.9. The van der Waals surface area contributed by atoms with Gasteiger partial charge in [0.1, 0.15) is 5.01 Å². The summed E-state index contributed by atoms with van der Waals surface area (Å²) < 4.78 is 5.87. The van der Waals surface area contributed by atoms with E-state index in [1.807, 2.05) is 19.2 Å². The Labute approximate surface area is 168 Å². The predicted octanol–water partition coefficient (Wildman–Crippen LogP) is 2.97. The molecule has 1 aromatic carbocycles. The van der Waals surface area contributed by atoms with E-state index in [0.29, 0.717) is 23.4 Å². The number of halogens is 1. The number of imide groups is 1. The fraction of sp³-hybridized carbons (Fsp3) is 0.421. The van der Waals surface area contributed by atoms with Gasteiger partial charge in [-0.25, -0.2) is 4.98 Å². The number of aromatic nitrogens is 1. The number of hydrogen-bond acceptors (Lipinski definition) is 6. The van der Waals surface area contributed by atoms with Gasteiger partial charge in [0.05, 0.1) is 35.1 Å². The molecular formula is C19H22ClN3O3S. The molecule has 4 rings (SSSR count). The number of carbonyl (C=O) groups is 2. The smallest absolute Gasteiger partial charge is 0.262 e. The Hall–Kier alpha value is -1.80. The van der Waals surface area contributed by atoms with Gasteiger partial charge in [0, 0.05) is 11.9 Å². The lowest BCUT2D eigenvalue weighted by Gasteiger charge is -2.32. The Balaban J connectivity index is 0.00000210. The van der Waals surface area contributed by atoms with Crippen molar-refractivity contribution in [2.24, 2.45) is 0 Å². The van der Waals surface area contributed by atoms with E-state index in [0.717, 1.165) is 24.5 Å². The molecule has 2 aromatic rings. The third-order valence-electron chi connectivity index (χ3n) is 4.99. The van der Waals surface area contributed by atoms with Crippen LogP contribution >= 0.6 is 23.7 Å². The van der Waals surface area contributed by atoms with Crippen LogP contribution in [0.3, 0.4) is 0 Å². The lowest BCUT2D eigenvalue weighted by Crippen LogP contribution is -2.45. The lowest BCUT2D eigenvalue weighted by atomic mass is 9.99. The third kappa shape index (κ3) is 3.52. The van der Waals surface area contributed by atoms with Gasteiger partial charge in [-0.1, -0.05) is 12.1 Å². The molecule has 1 N–H and O–H groups in total. The second kappa shape index (κ2) is 7.67. The number of benzene rings is 1. The van der Waals surface area contributed by atoms with Gasteiger partial charge in [-0.15, -0.1) is 23.7 Å². The highest BCUT2D eigenvalue weighted by molar-refractivity contribution is 7.09. The fourth-order valence-electron chi connectivity index (χ4n) is 3.43. The number of ether oxygens (including phenoxy) is 1. The zero-order valence-corrected chi connectivity index (χ0v) is 16.9. The molecule has 0 bridgehead atoms. The summed E-state index contributed by atoms with van der Waals surface area (Å²) in [4.78, 5) is 31.5. The molecule has 0 aliphatic carbocycles. The molecule has 0 spiro atoms. The molecule has 27 heavy (non-hydrogen) atoms. The first-order valence-electron chi connectivity index (χ1n) is 8.73. The van der Waals surface area contributed by atoms with Crippen LogP contribution in [0.25, 0.3) is 0 Å². The van der Waals surface area contributed by atoms with Crippen molar-refractivity contribution in [3.63, 3.8) is 0 Å². The summed E-state index contributed by atoms with van der Waals surface area (Å²) in [5.41, 5.74) is 0.799. The standard InChI is InChI=1S/C19H21N3O3S.ClH/c1-19(2,22-17(23)13-5-3-4-6-14(13)18(22)24)15-11-26-16(21-15)10-25-12-7-8-20-9-12;/h3-6,11-12,20H,7-10H2,1-2H3;1H. The zero-order valence-electron chi connectivity index (χ0n) is 15.2. The van der Waals surface area contributed by atoms with Crippen LogP contribution in [0.5, 0.6) is 0 Å². The van der Waals surface area contributed by atoms with Crippen LogP contribution in [0.2, 0.25) is 0 Å². The van der Waals surface area contributed by atoms with E-state index in [2.05, 4.69) is 10.3 Å². The highest BCUT2D eigenvalue weighted by Gasteiger charge is 2.45. The Kier molecular flexibility index (Phi) is 5.67. The molecule has 0 radical (unpaired) electrons. The largest absolute Gasteiger partial charge is 0.370 e. The van der Waals surface area contributed by atoms with Crippen LogP contribution in [-0.2, 0) is 16.9 Å². The van der Waals surface area contributed by atoms with Gasteiger partial charge in [0.2, 0.25) is 0 Å². The highest BCUT2D eigenvalue weighted by Crippen LogP contribution is 2.36. The summed E-state index contributed by atoms with van der Waals surface area (Å²) >= 11 is 1.50. The van der Waals surface area contributed by atoms with Gasteiger partial charge in [-0.2, -0.15) is 0 Å². The van der Waals surface area contributed by atoms with Crippen molar-refractivity contribution in [3.05, 3.63) is 51.5 Å². The maximum Gasteiger partial charge on any atom is 0.262 e. The molecule has 2 amide bonds. The van der Waals surface area contributed by atoms with Crippen molar-refractivity contribution in [2.75, 3.05) is 13.1 Å². The van der Waals surface area contributed by atoms with E-state index < -0.39 is 5.54 Å². The van der Waals surface area contributed by atoms with Crippen molar-refractivity contribution in [1.29, 1.82) is 0 Å². The number of thiazole rings is 1. The van der Waals surface area contributed by atoms with Crippen molar-refractivity contribution in [3.8, 4) is 0 Å². The summed E-state index contributed by atoms with van der Waals surface area (Å²) in [6, 6.07) is 6.94. The van der Waals surface area contributed by atoms with E-state index in [1.165, 1.54) is 16.2 Å². The second-order valence-electron chi connectivity index (χ2n) is 7.10. The average molecular weight is 408 g/mol. The Morgan fingerprint density at radius 3 is 2.52 bits per heavy atom. The molecule has 144 valence electrons. The van der Waals surface area contributed by atoms with Crippen molar-refractivity contribution < 1.29 is 14.3 Å². The SMILES string of the molecule is CC(C)(c1csc(COC2CCNC2)n1)N1C(=O)c2ccccc2C1=O.Cl. The van der Waals surface area contributed by atoms with Crippen LogP contribution in [0.15, 0.2) is 29.6 Å². The van der Waals surface area contributed by atoms with Gasteiger partial charge in [0.15, 0.2) is 0 Å². The third-order valence-corrected chi connectivity index (χ3v) is 5.81. The molecule has 6 nitrogen and oxygen atoms in total. The summed E-state index contributed by atoms with van der Waals surface area (Å²) in [7, 11) is 0. The normalized spacial score (nSPS) is 19.3. The fourth-order valence-corrected chi connectivity index (χ4v) is 4.31. The number of carbonyl (C=O) groups excluding carboxylic acids is 2. The molecule has 8 heteroatoms. The predicted molar refractivity (Wildman–Crippen MR) is 105 cm³/mol. The molecule has 1 fully saturated rings. The van der Waals surface area contributed by atoms with Gasteiger partial charge in [-0.05, 0) is 38.9 Å². The van der Waals surface area contributed by atoms with E-state index in [4.69, 9.17) is 4.74 Å². The molecule has 1 aromatic heterocycles. The molecule has 1 unspecified atom stereocenters. The van der Waals surface area contributed by atoms with Crippen LogP contribution in [0.4, 0.5) is 0 Å². The molecule has 2 aliphatic heterocycles. The summed E-state index contributed by atoms with van der Waals surface area (Å²) in [5, 5.41) is 6.04. The minimum Gasteiger partial charge on any atom is -0.370 e. The van der Waals surface area contributed by atoms with Crippen molar-refractivity contribution in [1.82, 2.24) is 15.2 Å². The Morgan fingerprint density at radius 2 is 1.93 bits per heavy atom. The first-order chi connectivity index (χ1) is 12.5. The van der Waals surface area contributed by atoms with Gasteiger partial charge in [0.25, 0.3) is 11.8 Å². The first-order valence-corrected chi connectivity index (χ1v) is 9.61. The van der Waals surface area contributed by atoms with E-state index in [-0.39, 0.29) is 30.3 Å². The van der Waals surface area contributed by atoms with Crippen LogP contribution in [0.1, 0.15) is 51.7 Å². The van der Waals surface area contributed by atoms with Crippen LogP contribution < -0.4 is 5.32 Å². The number of rotatable bonds is 5. The maximum absolute atomic E-state index is 12.8. The van der Waals surface area contributed by atoms with Crippen LogP contribution in [-0.4, -0.2) is 40.9 Å². The van der Waals surface area contributed by atoms with E-state index in [9.17, 15) is 9.59 Å². The molecule has 2 aliphatic rings. The topological polar surface area (TPSA) is 71.5 Å². The van der Waals surface area contributed by atoms with Crippen molar-refractivity contribution >= 4 is 35.6 Å². The number of fused-ring (bicyclic) bond motifs is 1. The lowest BCUT2D eigenvalue weighted by molar-refractivity contribution is 0.0463. The number of nitrogens with zero attached hydrogens (tertiary/aromatic N) is 2. The molecule has 1 atom stereocenters. The second-order valence-corrected chi connectivity index (χ2v) is 8.05. The van der Waals surface area contributed by atoms with E-state index >= 15 is 0 Å². The molecule has 0 saturated carbocycles. The monoisotopic (exact) mass is 407 g/mol. The minimum atomic E-state index is -0.823. The van der Waals surface area contributed by atoms with Gasteiger partial charge < -0.3 is 10.1 Å². The highest BCUT2D eigenvalue weighted by atomic mass is 35.5. The summed E-state index contributed by atoms with van der Waals surface area (Å²) in [5.74, 6) is -0.531. The quantitative estimate of drug-likeness (QED) is 0.771.